The Morgan fingerprint density at radius 2 is 1.83 bits per heavy atom. The Kier molecular flexibility index (Phi) is 15.9. The number of unbranched alkanes of at least 4 members (excludes halogenated alkanes) is 2. The van der Waals surface area contributed by atoms with Crippen LogP contribution in [0.15, 0.2) is 84.6 Å². The summed E-state index contributed by atoms with van der Waals surface area (Å²) in [5, 5.41) is 24.8. The third-order valence-corrected chi connectivity index (χ3v) is 12.1. The Morgan fingerprint density at radius 3 is 2.55 bits per heavy atom. The molecule has 1 saturated carbocycles. The van der Waals surface area contributed by atoms with Crippen molar-refractivity contribution in [2.75, 3.05) is 46.7 Å². The van der Waals surface area contributed by atoms with Crippen LogP contribution in [0.4, 0.5) is 0 Å². The van der Waals surface area contributed by atoms with E-state index < -0.39 is 24.0 Å². The molecule has 1 amide bonds. The van der Waals surface area contributed by atoms with E-state index in [0.29, 0.717) is 62.7 Å². The second-order valence-electron chi connectivity index (χ2n) is 15.9. The summed E-state index contributed by atoms with van der Waals surface area (Å²) in [4.78, 5) is 23.1. The van der Waals surface area contributed by atoms with Crippen LogP contribution in [0.5, 0.6) is 17.2 Å². The molecule has 0 aromatic heterocycles. The lowest BCUT2D eigenvalue weighted by Crippen LogP contribution is -2.70. The fraction of sp³-hybridized carbons (Fsp3) is 0.574. The summed E-state index contributed by atoms with van der Waals surface area (Å²) < 4.78 is 32.1. The van der Waals surface area contributed by atoms with Crippen molar-refractivity contribution >= 4 is 11.6 Å². The molecule has 0 bridgehead atoms. The first kappa shape index (κ1) is 43.4. The number of oxime groups is 1. The third-order valence-electron chi connectivity index (χ3n) is 12.1. The molecule has 2 aliphatic carbocycles. The van der Waals surface area contributed by atoms with Gasteiger partial charge in [-0.05, 0) is 98.2 Å². The van der Waals surface area contributed by atoms with E-state index in [4.69, 9.17) is 33.7 Å². The number of methoxy groups -OCH3 is 1. The van der Waals surface area contributed by atoms with Crippen LogP contribution < -0.4 is 14.2 Å². The topological polar surface area (TPSA) is 129 Å². The Morgan fingerprint density at radius 1 is 1.02 bits per heavy atom. The van der Waals surface area contributed by atoms with E-state index in [-0.39, 0.29) is 49.9 Å². The van der Waals surface area contributed by atoms with Crippen molar-refractivity contribution in [3.63, 3.8) is 0 Å². The smallest absolute Gasteiger partial charge is 0.239 e. The maximum Gasteiger partial charge on any atom is 0.239 e. The lowest BCUT2D eigenvalue weighted by Gasteiger charge is -2.60. The van der Waals surface area contributed by atoms with Crippen LogP contribution in [-0.4, -0.2) is 91.5 Å². The molecule has 2 aromatic rings. The summed E-state index contributed by atoms with van der Waals surface area (Å²) in [5.74, 6) is 0.393. The molecule has 7 atom stereocenters. The Labute approximate surface area is 344 Å². The highest BCUT2D eigenvalue weighted by molar-refractivity contribution is 6.03. The second-order valence-corrected chi connectivity index (χ2v) is 15.9. The van der Waals surface area contributed by atoms with Gasteiger partial charge in [0.15, 0.2) is 0 Å². The Balaban J connectivity index is 1.57. The molecule has 2 N–H and O–H groups in total. The fourth-order valence-electron chi connectivity index (χ4n) is 9.56. The minimum atomic E-state index is -1.33. The monoisotopic (exact) mass is 800 g/mol. The van der Waals surface area contributed by atoms with Gasteiger partial charge in [0.1, 0.15) is 29.9 Å². The van der Waals surface area contributed by atoms with Crippen molar-refractivity contribution < 1.29 is 43.5 Å². The van der Waals surface area contributed by atoms with E-state index in [1.54, 1.807) is 19.3 Å². The van der Waals surface area contributed by atoms with Crippen molar-refractivity contribution in [3.05, 3.63) is 90.6 Å². The molecule has 0 spiro atoms. The second kappa shape index (κ2) is 21.2. The van der Waals surface area contributed by atoms with E-state index in [1.807, 2.05) is 41.3 Å². The number of carbonyl (C=O) groups excluding carboxylic acids is 1. The van der Waals surface area contributed by atoms with Gasteiger partial charge in [0.2, 0.25) is 18.0 Å². The molecule has 11 heteroatoms. The van der Waals surface area contributed by atoms with Crippen LogP contribution in [0, 0.1) is 17.8 Å². The zero-order valence-corrected chi connectivity index (χ0v) is 34.5. The number of ether oxygens (including phenoxy) is 5. The number of aliphatic hydroxyl groups is 2. The van der Waals surface area contributed by atoms with Crippen molar-refractivity contribution in [2.45, 2.75) is 108 Å². The van der Waals surface area contributed by atoms with Crippen molar-refractivity contribution in [1.82, 2.24) is 4.90 Å². The molecule has 2 fully saturated rings. The summed E-state index contributed by atoms with van der Waals surface area (Å²) >= 11 is 0. The van der Waals surface area contributed by atoms with Gasteiger partial charge < -0.3 is 43.6 Å². The van der Waals surface area contributed by atoms with Crippen LogP contribution in [0.2, 0.25) is 0 Å². The van der Waals surface area contributed by atoms with E-state index in [1.165, 1.54) is 0 Å². The zero-order valence-electron chi connectivity index (χ0n) is 34.5. The van der Waals surface area contributed by atoms with Gasteiger partial charge in [0.25, 0.3) is 0 Å². The summed E-state index contributed by atoms with van der Waals surface area (Å²) in [6, 6.07) is 13.0. The summed E-state index contributed by atoms with van der Waals surface area (Å²) in [7, 11) is 1.63. The molecule has 7 unspecified atom stereocenters. The number of allylic oxidation sites excluding steroid dienone is 1. The minimum Gasteiger partial charge on any atom is -0.497 e. The first-order valence-corrected chi connectivity index (χ1v) is 21.4. The minimum absolute atomic E-state index is 0.0544. The number of aliphatic hydroxyl groups excluding tert-OH is 2. The molecule has 316 valence electrons. The van der Waals surface area contributed by atoms with Crippen LogP contribution in [0.1, 0.15) is 94.6 Å². The first-order chi connectivity index (χ1) is 28.4. The molecule has 6 rings (SSSR count). The van der Waals surface area contributed by atoms with Crippen molar-refractivity contribution in [1.29, 1.82) is 0 Å². The Bertz CT molecular complexity index is 1740. The molecule has 58 heavy (non-hydrogen) atoms. The summed E-state index contributed by atoms with van der Waals surface area (Å²) in [5.41, 5.74) is 3.61. The molecule has 2 aromatic carbocycles. The van der Waals surface area contributed by atoms with Gasteiger partial charge in [0.05, 0.1) is 38.4 Å². The lowest BCUT2D eigenvalue weighted by atomic mass is 9.55. The van der Waals surface area contributed by atoms with Gasteiger partial charge in [-0.3, -0.25) is 4.79 Å². The average Bonchev–Trinajstić information content (AvgIpc) is 3.25. The number of fused-ring (bicyclic) bond motifs is 2. The Hall–Kier alpha value is -4.16. The van der Waals surface area contributed by atoms with Gasteiger partial charge in [0, 0.05) is 44.1 Å². The molecule has 1 saturated heterocycles. The summed E-state index contributed by atoms with van der Waals surface area (Å²) in [6.45, 7) is 11.9. The van der Waals surface area contributed by atoms with Crippen LogP contribution in [0.3, 0.4) is 0 Å². The number of nitrogens with zero attached hydrogens (tertiary/aromatic N) is 2. The van der Waals surface area contributed by atoms with E-state index in [9.17, 15) is 15.0 Å². The zero-order chi connectivity index (χ0) is 40.9. The number of amides is 1. The number of carbonyl (C=O) groups is 1. The summed E-state index contributed by atoms with van der Waals surface area (Å²) in [6.07, 6.45) is 14.1. The highest BCUT2D eigenvalue weighted by Gasteiger charge is 2.65. The normalized spacial score (nSPS) is 26.7. The van der Waals surface area contributed by atoms with Gasteiger partial charge >= 0.3 is 0 Å². The van der Waals surface area contributed by atoms with Crippen LogP contribution >= 0.6 is 0 Å². The maximum absolute atomic E-state index is 14.9. The first-order valence-electron chi connectivity index (χ1n) is 21.4. The number of hydrogen-bond donors (Lipinski definition) is 2. The molecule has 11 nitrogen and oxygen atoms in total. The molecule has 4 aliphatic rings. The highest BCUT2D eigenvalue weighted by Crippen LogP contribution is 2.62. The molecular weight excluding hydrogens is 737 g/mol. The fourth-order valence-corrected chi connectivity index (χ4v) is 9.56. The average molecular weight is 801 g/mol. The maximum atomic E-state index is 14.9. The predicted octanol–water partition coefficient (Wildman–Crippen LogP) is 7.90. The van der Waals surface area contributed by atoms with Crippen LogP contribution in [0.25, 0.3) is 0 Å². The molecular formula is C47H64N2O9. The third kappa shape index (κ3) is 9.82. The van der Waals surface area contributed by atoms with Gasteiger partial charge in [-0.1, -0.05) is 61.9 Å². The largest absolute Gasteiger partial charge is 0.497 e. The number of rotatable bonds is 22. The van der Waals surface area contributed by atoms with Gasteiger partial charge in [-0.25, -0.2) is 0 Å². The number of hydrogen-bond acceptors (Lipinski definition) is 10. The number of benzene rings is 2. The molecule has 0 radical (unpaired) electrons. The van der Waals surface area contributed by atoms with E-state index in [2.05, 4.69) is 32.2 Å². The predicted molar refractivity (Wildman–Crippen MR) is 224 cm³/mol. The van der Waals surface area contributed by atoms with Crippen LogP contribution in [-0.2, 0) is 25.5 Å². The van der Waals surface area contributed by atoms with Gasteiger partial charge in [-0.2, -0.15) is 0 Å². The lowest BCUT2D eigenvalue weighted by molar-refractivity contribution is -0.257. The standard InChI is InChI=1S/C47H64N2O9/c1-5-22-49(43(52)29-33-15-14-17-35(28-33)53-4)42-32-40(48-58-44-19-10-13-27-55-44)38-30-34(16-8-11-23-50)37(18-9-12-24-51)45-39-31-36(54-25-6-2)20-21-41(39)57-47(42,46(38)45)56-26-7-3/h6-7,14-15,17,20-21,28,30-31,34,37,42,44-46,50-51H,2-3,5,8-13,16,18-19,22-27,29,32H2,1,4H3. The molecule has 2 aliphatic heterocycles. The van der Waals surface area contributed by atoms with Gasteiger partial charge in [-0.15, -0.1) is 6.58 Å². The van der Waals surface area contributed by atoms with Crippen molar-refractivity contribution in [3.8, 4) is 17.2 Å². The molecule has 2 heterocycles. The van der Waals surface area contributed by atoms with E-state index >= 15 is 0 Å². The highest BCUT2D eigenvalue weighted by atomic mass is 16.8. The SMILES string of the molecule is C=CCOc1ccc2c(c1)C1C(CCCCO)C(CCCCO)C=C3C(=NOC4CCCCO4)CC(N(CCC)C(=O)Cc4cccc(OC)c4)C(OCC=C)(O2)C31. The van der Waals surface area contributed by atoms with E-state index in [0.717, 1.165) is 67.4 Å². The quantitative estimate of drug-likeness (QED) is 0.0694. The van der Waals surface area contributed by atoms with Crippen molar-refractivity contribution in [2.24, 2.45) is 22.9 Å².